The first kappa shape index (κ1) is 9.25. The number of alkyl halides is 1. The van der Waals surface area contributed by atoms with Gasteiger partial charge in [-0.2, -0.15) is 0 Å². The van der Waals surface area contributed by atoms with Crippen LogP contribution in [0.2, 0.25) is 0 Å². The molecule has 1 nitrogen and oxygen atoms in total. The number of rotatable bonds is 4. The van der Waals surface area contributed by atoms with Gasteiger partial charge in [-0.05, 0) is 12.8 Å². The van der Waals surface area contributed by atoms with E-state index in [1.54, 1.807) is 0 Å². The van der Waals surface area contributed by atoms with E-state index in [0.29, 0.717) is 11.8 Å². The molecule has 0 saturated carbocycles. The van der Waals surface area contributed by atoms with Crippen molar-refractivity contribution in [3.8, 4) is 0 Å². The maximum atomic E-state index is 5.62. The standard InChI is InChI=1S/C7H15ClO/c1-4-9-7(5-8)6(2)3/h6-7H,4-5H2,1-3H3/t7-/m0/s1. The lowest BCUT2D eigenvalue weighted by molar-refractivity contribution is 0.0468. The van der Waals surface area contributed by atoms with Crippen LogP contribution in [0.25, 0.3) is 0 Å². The Kier molecular flexibility index (Phi) is 5.21. The van der Waals surface area contributed by atoms with Gasteiger partial charge in [0.05, 0.1) is 6.10 Å². The van der Waals surface area contributed by atoms with E-state index in [1.165, 1.54) is 0 Å². The Bertz CT molecular complexity index is 63.9. The smallest absolute Gasteiger partial charge is 0.0733 e. The Morgan fingerprint density at radius 2 is 2.00 bits per heavy atom. The zero-order valence-corrected chi connectivity index (χ0v) is 7.11. The third kappa shape index (κ3) is 3.77. The molecule has 0 aromatic heterocycles. The number of hydrogen-bond donors (Lipinski definition) is 0. The highest BCUT2D eigenvalue weighted by Crippen LogP contribution is 2.07. The summed E-state index contributed by atoms with van der Waals surface area (Å²) in [7, 11) is 0. The summed E-state index contributed by atoms with van der Waals surface area (Å²) in [5.74, 6) is 1.13. The van der Waals surface area contributed by atoms with E-state index >= 15 is 0 Å². The summed E-state index contributed by atoms with van der Waals surface area (Å²) < 4.78 is 5.32. The average molecular weight is 151 g/mol. The van der Waals surface area contributed by atoms with Crippen LogP contribution >= 0.6 is 11.6 Å². The Morgan fingerprint density at radius 1 is 1.44 bits per heavy atom. The minimum atomic E-state index is 0.233. The molecule has 0 aliphatic heterocycles. The van der Waals surface area contributed by atoms with Gasteiger partial charge in [-0.25, -0.2) is 0 Å². The molecular formula is C7H15ClO. The van der Waals surface area contributed by atoms with Gasteiger partial charge in [-0.3, -0.25) is 0 Å². The normalized spacial score (nSPS) is 14.3. The van der Waals surface area contributed by atoms with E-state index < -0.39 is 0 Å². The van der Waals surface area contributed by atoms with Crippen LogP contribution in [0.5, 0.6) is 0 Å². The van der Waals surface area contributed by atoms with Crippen molar-refractivity contribution in [1.82, 2.24) is 0 Å². The summed E-state index contributed by atoms with van der Waals surface area (Å²) in [4.78, 5) is 0. The van der Waals surface area contributed by atoms with Crippen molar-refractivity contribution < 1.29 is 4.74 Å². The minimum absolute atomic E-state index is 0.233. The summed E-state index contributed by atoms with van der Waals surface area (Å²) in [5, 5.41) is 0. The quantitative estimate of drug-likeness (QED) is 0.559. The lowest BCUT2D eigenvalue weighted by Crippen LogP contribution is -2.21. The van der Waals surface area contributed by atoms with Crippen molar-refractivity contribution >= 4 is 11.6 Å². The van der Waals surface area contributed by atoms with Gasteiger partial charge in [0, 0.05) is 12.5 Å². The maximum absolute atomic E-state index is 5.62. The fourth-order valence-corrected chi connectivity index (χ4v) is 1.07. The van der Waals surface area contributed by atoms with Crippen LogP contribution in [0.15, 0.2) is 0 Å². The third-order valence-electron chi connectivity index (χ3n) is 1.28. The van der Waals surface area contributed by atoms with E-state index in [1.807, 2.05) is 6.92 Å². The second kappa shape index (κ2) is 5.07. The van der Waals surface area contributed by atoms with E-state index in [2.05, 4.69) is 13.8 Å². The lowest BCUT2D eigenvalue weighted by Gasteiger charge is -2.16. The van der Waals surface area contributed by atoms with Crippen LogP contribution in [0.4, 0.5) is 0 Å². The topological polar surface area (TPSA) is 9.23 Å². The van der Waals surface area contributed by atoms with E-state index in [4.69, 9.17) is 16.3 Å². The summed E-state index contributed by atoms with van der Waals surface area (Å²) in [5.41, 5.74) is 0. The average Bonchev–Trinajstić information content (AvgIpc) is 1.82. The Labute approximate surface area is 62.3 Å². The molecule has 0 amide bonds. The monoisotopic (exact) mass is 150 g/mol. The minimum Gasteiger partial charge on any atom is -0.377 e. The molecule has 1 atom stereocenters. The first-order valence-electron chi connectivity index (χ1n) is 3.40. The van der Waals surface area contributed by atoms with E-state index in [-0.39, 0.29) is 6.10 Å². The summed E-state index contributed by atoms with van der Waals surface area (Å²) in [6, 6.07) is 0. The van der Waals surface area contributed by atoms with Crippen LogP contribution < -0.4 is 0 Å². The van der Waals surface area contributed by atoms with Crippen LogP contribution in [0.1, 0.15) is 20.8 Å². The molecule has 0 unspecified atom stereocenters. The van der Waals surface area contributed by atoms with Crippen molar-refractivity contribution in [3.05, 3.63) is 0 Å². The lowest BCUT2D eigenvalue weighted by atomic mass is 10.1. The SMILES string of the molecule is CCO[C@@H](CCl)C(C)C. The van der Waals surface area contributed by atoms with Crippen molar-refractivity contribution in [3.63, 3.8) is 0 Å². The van der Waals surface area contributed by atoms with Gasteiger partial charge in [-0.1, -0.05) is 13.8 Å². The highest BCUT2D eigenvalue weighted by atomic mass is 35.5. The summed E-state index contributed by atoms with van der Waals surface area (Å²) in [6.07, 6.45) is 0.233. The van der Waals surface area contributed by atoms with Crippen molar-refractivity contribution in [1.29, 1.82) is 0 Å². The zero-order valence-electron chi connectivity index (χ0n) is 6.36. The molecule has 0 aliphatic carbocycles. The maximum Gasteiger partial charge on any atom is 0.0733 e. The number of ether oxygens (including phenoxy) is 1. The van der Waals surface area contributed by atoms with Crippen molar-refractivity contribution in [2.75, 3.05) is 12.5 Å². The summed E-state index contributed by atoms with van der Waals surface area (Å²) in [6.45, 7) is 6.98. The van der Waals surface area contributed by atoms with Crippen LogP contribution in [0.3, 0.4) is 0 Å². The van der Waals surface area contributed by atoms with Gasteiger partial charge < -0.3 is 4.74 Å². The highest BCUT2D eigenvalue weighted by Gasteiger charge is 2.10. The Balaban J connectivity index is 3.41. The predicted molar refractivity (Wildman–Crippen MR) is 41.0 cm³/mol. The Hall–Kier alpha value is 0.250. The van der Waals surface area contributed by atoms with Gasteiger partial charge in [0.2, 0.25) is 0 Å². The number of halogens is 1. The van der Waals surface area contributed by atoms with Gasteiger partial charge >= 0.3 is 0 Å². The van der Waals surface area contributed by atoms with Crippen LogP contribution in [-0.4, -0.2) is 18.6 Å². The second-order valence-corrected chi connectivity index (χ2v) is 2.70. The fourth-order valence-electron chi connectivity index (χ4n) is 0.629. The molecule has 2 heteroatoms. The molecule has 9 heavy (non-hydrogen) atoms. The molecule has 0 rings (SSSR count). The first-order chi connectivity index (χ1) is 4.22. The first-order valence-corrected chi connectivity index (χ1v) is 3.93. The van der Waals surface area contributed by atoms with Gasteiger partial charge in [-0.15, -0.1) is 11.6 Å². The van der Waals surface area contributed by atoms with E-state index in [9.17, 15) is 0 Å². The van der Waals surface area contributed by atoms with Gasteiger partial charge in [0.25, 0.3) is 0 Å². The van der Waals surface area contributed by atoms with Crippen LogP contribution in [0, 0.1) is 5.92 Å². The van der Waals surface area contributed by atoms with Crippen LogP contribution in [-0.2, 0) is 4.74 Å². The molecule has 0 aliphatic rings. The largest absolute Gasteiger partial charge is 0.377 e. The third-order valence-corrected chi connectivity index (χ3v) is 1.58. The molecule has 0 radical (unpaired) electrons. The zero-order chi connectivity index (χ0) is 7.28. The van der Waals surface area contributed by atoms with Gasteiger partial charge in [0.15, 0.2) is 0 Å². The van der Waals surface area contributed by atoms with Crippen molar-refractivity contribution in [2.24, 2.45) is 5.92 Å². The summed E-state index contributed by atoms with van der Waals surface area (Å²) >= 11 is 5.62. The predicted octanol–water partition coefficient (Wildman–Crippen LogP) is 2.29. The Morgan fingerprint density at radius 3 is 2.11 bits per heavy atom. The fraction of sp³-hybridized carbons (Fsp3) is 1.00. The van der Waals surface area contributed by atoms with Gasteiger partial charge in [0.1, 0.15) is 0 Å². The highest BCUT2D eigenvalue weighted by molar-refractivity contribution is 6.18. The molecule has 0 spiro atoms. The second-order valence-electron chi connectivity index (χ2n) is 2.39. The molecule has 0 fully saturated rings. The molecule has 0 heterocycles. The molecule has 0 N–H and O–H groups in total. The van der Waals surface area contributed by atoms with E-state index in [0.717, 1.165) is 6.61 Å². The number of hydrogen-bond acceptors (Lipinski definition) is 1. The molecule has 0 aromatic carbocycles. The molecule has 0 aromatic rings. The molecule has 0 saturated heterocycles. The molecular weight excluding hydrogens is 136 g/mol. The molecule has 56 valence electrons. The van der Waals surface area contributed by atoms with Crippen molar-refractivity contribution in [2.45, 2.75) is 26.9 Å². The molecule has 0 bridgehead atoms.